The number of rotatable bonds is 5. The van der Waals surface area contributed by atoms with Crippen molar-refractivity contribution < 1.29 is 0 Å². The standard InChI is InChI=1S/C35H30/c1-3-4-9-25-16-20-27(21-17-25)35-31-13-8-7-12-30(31)34(26-18-14-24(2)15-19-26)32-22-28-10-5-6-11-29(28)23-33(32)35/h5-8,10-23H,3-4,9H2,1-2H3. The topological polar surface area (TPSA) is 0 Å². The molecule has 0 saturated carbocycles. The van der Waals surface area contributed by atoms with Crippen LogP contribution in [0.5, 0.6) is 0 Å². The maximum absolute atomic E-state index is 2.40. The van der Waals surface area contributed by atoms with Crippen molar-refractivity contribution in [1.29, 1.82) is 0 Å². The molecule has 0 saturated heterocycles. The smallest absolute Gasteiger partial charge is 0.00261 e. The van der Waals surface area contributed by atoms with Crippen LogP contribution in [0.1, 0.15) is 30.9 Å². The molecule has 0 atom stereocenters. The number of aryl methyl sites for hydroxylation is 2. The molecular formula is C35H30. The fourth-order valence-corrected chi connectivity index (χ4v) is 5.42. The summed E-state index contributed by atoms with van der Waals surface area (Å²) in [7, 11) is 0. The van der Waals surface area contributed by atoms with Crippen molar-refractivity contribution in [2.45, 2.75) is 33.1 Å². The van der Waals surface area contributed by atoms with Crippen molar-refractivity contribution in [3.8, 4) is 22.3 Å². The third-order valence-electron chi connectivity index (χ3n) is 7.29. The van der Waals surface area contributed by atoms with Gasteiger partial charge >= 0.3 is 0 Å². The van der Waals surface area contributed by atoms with Gasteiger partial charge in [0.15, 0.2) is 0 Å². The first-order chi connectivity index (χ1) is 17.2. The van der Waals surface area contributed by atoms with Crippen molar-refractivity contribution in [1.82, 2.24) is 0 Å². The second-order valence-corrected chi connectivity index (χ2v) is 9.71. The van der Waals surface area contributed by atoms with Crippen LogP contribution < -0.4 is 0 Å². The highest BCUT2D eigenvalue weighted by Gasteiger charge is 2.17. The zero-order chi connectivity index (χ0) is 23.8. The molecule has 35 heavy (non-hydrogen) atoms. The van der Waals surface area contributed by atoms with E-state index in [0.29, 0.717) is 0 Å². The van der Waals surface area contributed by atoms with E-state index in [-0.39, 0.29) is 0 Å². The molecule has 0 radical (unpaired) electrons. The van der Waals surface area contributed by atoms with Crippen molar-refractivity contribution in [2.75, 3.05) is 0 Å². The van der Waals surface area contributed by atoms with Gasteiger partial charge in [-0.1, -0.05) is 116 Å². The Morgan fingerprint density at radius 1 is 0.514 bits per heavy atom. The van der Waals surface area contributed by atoms with Crippen LogP contribution in [0.2, 0.25) is 0 Å². The second kappa shape index (κ2) is 9.04. The predicted molar refractivity (Wildman–Crippen MR) is 153 cm³/mol. The molecule has 0 aromatic heterocycles. The van der Waals surface area contributed by atoms with Crippen LogP contribution in [0.15, 0.2) is 109 Å². The Morgan fingerprint density at radius 2 is 1.00 bits per heavy atom. The van der Waals surface area contributed by atoms with Crippen LogP contribution >= 0.6 is 0 Å². The maximum Gasteiger partial charge on any atom is -0.00261 e. The van der Waals surface area contributed by atoms with Gasteiger partial charge in [-0.05, 0) is 92.0 Å². The number of unbranched alkanes of at least 4 members (excludes halogenated alkanes) is 1. The van der Waals surface area contributed by atoms with Gasteiger partial charge in [0.05, 0.1) is 0 Å². The average molecular weight is 451 g/mol. The lowest BCUT2D eigenvalue weighted by Crippen LogP contribution is -1.92. The van der Waals surface area contributed by atoms with Crippen LogP contribution in [0.25, 0.3) is 54.6 Å². The van der Waals surface area contributed by atoms with E-state index in [0.717, 1.165) is 6.42 Å². The Kier molecular flexibility index (Phi) is 5.58. The molecule has 0 N–H and O–H groups in total. The summed E-state index contributed by atoms with van der Waals surface area (Å²) in [4.78, 5) is 0. The molecule has 0 aliphatic carbocycles. The number of hydrogen-bond donors (Lipinski definition) is 0. The molecule has 6 rings (SSSR count). The Balaban J connectivity index is 1.72. The summed E-state index contributed by atoms with van der Waals surface area (Å²) in [5, 5.41) is 7.82. The molecule has 6 aromatic rings. The minimum Gasteiger partial charge on any atom is -0.0654 e. The molecule has 170 valence electrons. The minimum absolute atomic E-state index is 1.15. The molecule has 0 amide bonds. The van der Waals surface area contributed by atoms with E-state index < -0.39 is 0 Å². The van der Waals surface area contributed by atoms with E-state index in [1.165, 1.54) is 78.5 Å². The number of benzene rings is 6. The molecule has 0 bridgehead atoms. The quantitative estimate of drug-likeness (QED) is 0.229. The van der Waals surface area contributed by atoms with Crippen molar-refractivity contribution in [2.24, 2.45) is 0 Å². The van der Waals surface area contributed by atoms with Crippen LogP contribution in [0.3, 0.4) is 0 Å². The van der Waals surface area contributed by atoms with Crippen molar-refractivity contribution in [3.05, 3.63) is 120 Å². The Hall–Kier alpha value is -3.90. The van der Waals surface area contributed by atoms with E-state index >= 15 is 0 Å². The normalized spacial score (nSPS) is 11.5. The van der Waals surface area contributed by atoms with Gasteiger partial charge < -0.3 is 0 Å². The molecule has 0 spiro atoms. The minimum atomic E-state index is 1.15. The Morgan fingerprint density at radius 3 is 1.51 bits per heavy atom. The number of hydrogen-bond acceptors (Lipinski definition) is 0. The van der Waals surface area contributed by atoms with Gasteiger partial charge in [-0.15, -0.1) is 0 Å². The second-order valence-electron chi connectivity index (χ2n) is 9.71. The first-order valence-electron chi connectivity index (χ1n) is 12.8. The molecule has 0 fully saturated rings. The van der Waals surface area contributed by atoms with Gasteiger partial charge in [-0.25, -0.2) is 0 Å². The van der Waals surface area contributed by atoms with Crippen LogP contribution in [-0.4, -0.2) is 0 Å². The molecule has 6 aromatic carbocycles. The molecule has 0 unspecified atom stereocenters. The summed E-state index contributed by atoms with van der Waals surface area (Å²) >= 11 is 0. The average Bonchev–Trinajstić information content (AvgIpc) is 2.90. The Labute approximate surface area is 207 Å². The van der Waals surface area contributed by atoms with Crippen LogP contribution in [0.4, 0.5) is 0 Å². The molecular weight excluding hydrogens is 420 g/mol. The van der Waals surface area contributed by atoms with E-state index in [1.54, 1.807) is 0 Å². The van der Waals surface area contributed by atoms with Gasteiger partial charge in [0.25, 0.3) is 0 Å². The first-order valence-corrected chi connectivity index (χ1v) is 12.8. The highest BCUT2D eigenvalue weighted by atomic mass is 14.2. The Bertz CT molecular complexity index is 1650. The fraction of sp³-hybridized carbons (Fsp3) is 0.143. The lowest BCUT2D eigenvalue weighted by Gasteiger charge is -2.19. The summed E-state index contributed by atoms with van der Waals surface area (Å²) in [6.07, 6.45) is 3.61. The zero-order valence-electron chi connectivity index (χ0n) is 20.5. The zero-order valence-corrected chi connectivity index (χ0v) is 20.5. The van der Waals surface area contributed by atoms with Crippen LogP contribution in [0, 0.1) is 6.92 Å². The third-order valence-corrected chi connectivity index (χ3v) is 7.29. The highest BCUT2D eigenvalue weighted by molar-refractivity contribution is 6.23. The SMILES string of the molecule is CCCCc1ccc(-c2c3ccccc3c(-c3ccc(C)cc3)c3cc4ccccc4cc23)cc1. The largest absolute Gasteiger partial charge is 0.0654 e. The fourth-order valence-electron chi connectivity index (χ4n) is 5.42. The number of fused-ring (bicyclic) bond motifs is 3. The molecule has 0 aliphatic heterocycles. The lowest BCUT2D eigenvalue weighted by molar-refractivity contribution is 0.795. The van der Waals surface area contributed by atoms with Gasteiger partial charge in [-0.2, -0.15) is 0 Å². The monoisotopic (exact) mass is 450 g/mol. The summed E-state index contributed by atoms with van der Waals surface area (Å²) in [5.41, 5.74) is 7.92. The van der Waals surface area contributed by atoms with Crippen molar-refractivity contribution >= 4 is 32.3 Å². The van der Waals surface area contributed by atoms with Crippen molar-refractivity contribution in [3.63, 3.8) is 0 Å². The van der Waals surface area contributed by atoms with E-state index in [1.807, 2.05) is 0 Å². The third kappa shape index (κ3) is 3.90. The van der Waals surface area contributed by atoms with Gasteiger partial charge in [-0.3, -0.25) is 0 Å². The van der Waals surface area contributed by atoms with E-state index in [4.69, 9.17) is 0 Å². The van der Waals surface area contributed by atoms with Gasteiger partial charge in [0, 0.05) is 0 Å². The summed E-state index contributed by atoms with van der Waals surface area (Å²) in [6.45, 7) is 4.41. The first kappa shape index (κ1) is 21.6. The van der Waals surface area contributed by atoms with E-state index in [9.17, 15) is 0 Å². The lowest BCUT2D eigenvalue weighted by atomic mass is 9.84. The molecule has 0 nitrogen and oxygen atoms in total. The summed E-state index contributed by atoms with van der Waals surface area (Å²) in [5.74, 6) is 0. The summed E-state index contributed by atoms with van der Waals surface area (Å²) < 4.78 is 0. The van der Waals surface area contributed by atoms with Gasteiger partial charge in [0.2, 0.25) is 0 Å². The van der Waals surface area contributed by atoms with Gasteiger partial charge in [0.1, 0.15) is 0 Å². The highest BCUT2D eigenvalue weighted by Crippen LogP contribution is 2.44. The molecule has 0 aliphatic rings. The predicted octanol–water partition coefficient (Wildman–Crippen LogP) is 10.1. The molecule has 0 heterocycles. The van der Waals surface area contributed by atoms with E-state index in [2.05, 4.69) is 123 Å². The van der Waals surface area contributed by atoms with Crippen LogP contribution in [-0.2, 0) is 6.42 Å². The molecule has 0 heteroatoms. The summed E-state index contributed by atoms with van der Waals surface area (Å²) in [6, 6.07) is 40.7. The maximum atomic E-state index is 2.40.